The number of rotatable bonds is 12. The Labute approximate surface area is 170 Å². The van der Waals surface area contributed by atoms with Gasteiger partial charge in [0.05, 0.1) is 20.4 Å². The average Bonchev–Trinajstić information content (AvgIpc) is 2.69. The molecule has 1 saturated carbocycles. The smallest absolute Gasteiger partial charge is 0.326 e. The lowest BCUT2D eigenvalue weighted by Crippen LogP contribution is -2.57. The molecule has 1 fully saturated rings. The zero-order chi connectivity index (χ0) is 21.3. The highest BCUT2D eigenvalue weighted by Crippen LogP contribution is 2.32. The van der Waals surface area contributed by atoms with Gasteiger partial charge in [-0.25, -0.2) is 4.39 Å². The number of hydrogen-bond donors (Lipinski definition) is 1. The maximum Gasteiger partial charge on any atom is 0.326 e. The number of aliphatic imine (C=N–C) groups is 1. The molecule has 0 saturated heterocycles. The number of likely N-dealkylation sites (N-methyl/N-ethyl adjacent to an activating group) is 1. The predicted molar refractivity (Wildman–Crippen MR) is 105 cm³/mol. The van der Waals surface area contributed by atoms with Crippen molar-refractivity contribution in [3.63, 3.8) is 0 Å². The first-order chi connectivity index (χ1) is 13.9. The van der Waals surface area contributed by atoms with Gasteiger partial charge in [-0.2, -0.15) is 4.39 Å². The van der Waals surface area contributed by atoms with Gasteiger partial charge in [-0.3, -0.25) is 15.1 Å². The molecule has 9 heteroatoms. The molecule has 0 aromatic heterocycles. The van der Waals surface area contributed by atoms with Crippen molar-refractivity contribution in [2.24, 2.45) is 4.99 Å². The van der Waals surface area contributed by atoms with Gasteiger partial charge in [-0.1, -0.05) is 0 Å². The first-order valence-electron chi connectivity index (χ1n) is 9.55. The van der Waals surface area contributed by atoms with Gasteiger partial charge in [0, 0.05) is 32.0 Å². The summed E-state index contributed by atoms with van der Waals surface area (Å²) in [5.74, 6) is -2.54. The Kier molecular flexibility index (Phi) is 8.94. The molecule has 1 aromatic carbocycles. The van der Waals surface area contributed by atoms with E-state index in [0.717, 1.165) is 13.0 Å². The minimum Gasteiger partial charge on any atom is -0.489 e. The maximum atomic E-state index is 14.3. The molecule has 7 nitrogen and oxygen atoms in total. The Hall–Kier alpha value is -2.10. The Morgan fingerprint density at radius 2 is 1.97 bits per heavy atom. The third-order valence-corrected chi connectivity index (χ3v) is 5.01. The molecule has 1 aromatic rings. The van der Waals surface area contributed by atoms with Crippen LogP contribution in [0.25, 0.3) is 0 Å². The van der Waals surface area contributed by atoms with E-state index in [1.807, 2.05) is 11.9 Å². The highest BCUT2D eigenvalue weighted by Gasteiger charge is 2.44. The van der Waals surface area contributed by atoms with E-state index in [1.165, 1.54) is 25.5 Å². The third kappa shape index (κ3) is 6.19. The molecular formula is C20H29F2N3O4. The van der Waals surface area contributed by atoms with E-state index < -0.39 is 17.2 Å². The number of carbonyl (C=O) groups excluding carboxylic acids is 1. The number of esters is 1. The van der Waals surface area contributed by atoms with E-state index in [9.17, 15) is 13.6 Å². The van der Waals surface area contributed by atoms with Crippen LogP contribution in [0.1, 0.15) is 24.8 Å². The highest BCUT2D eigenvalue weighted by molar-refractivity contribution is 5.82. The summed E-state index contributed by atoms with van der Waals surface area (Å²) in [6.07, 6.45) is 3.50. The van der Waals surface area contributed by atoms with Gasteiger partial charge >= 0.3 is 5.97 Å². The van der Waals surface area contributed by atoms with E-state index >= 15 is 0 Å². The fourth-order valence-corrected chi connectivity index (χ4v) is 2.95. The molecule has 0 atom stereocenters. The normalized spacial score (nSPS) is 15.5. The Morgan fingerprint density at radius 1 is 1.24 bits per heavy atom. The van der Waals surface area contributed by atoms with Crippen molar-refractivity contribution in [1.82, 2.24) is 10.2 Å². The third-order valence-electron chi connectivity index (χ3n) is 5.01. The van der Waals surface area contributed by atoms with E-state index in [0.29, 0.717) is 26.0 Å². The molecule has 1 aliphatic carbocycles. The molecule has 0 unspecified atom stereocenters. The topological polar surface area (TPSA) is 72.4 Å². The second-order valence-electron chi connectivity index (χ2n) is 7.00. The number of carbonyl (C=O) groups is 1. The first kappa shape index (κ1) is 23.2. The van der Waals surface area contributed by atoms with Crippen molar-refractivity contribution in [2.75, 3.05) is 54.2 Å². The summed E-state index contributed by atoms with van der Waals surface area (Å²) in [7, 11) is 4.85. The minimum atomic E-state index is -1.05. The summed E-state index contributed by atoms with van der Waals surface area (Å²) in [4.78, 5) is 17.9. The lowest BCUT2D eigenvalue weighted by Gasteiger charge is -2.39. The average molecular weight is 413 g/mol. The van der Waals surface area contributed by atoms with Gasteiger partial charge < -0.3 is 19.1 Å². The second-order valence-corrected chi connectivity index (χ2v) is 7.00. The summed E-state index contributed by atoms with van der Waals surface area (Å²) in [5, 5.41) is 3.03. The molecule has 162 valence electrons. The van der Waals surface area contributed by atoms with Crippen molar-refractivity contribution in [3.8, 4) is 5.75 Å². The van der Waals surface area contributed by atoms with Gasteiger partial charge in [0.15, 0.2) is 11.6 Å². The van der Waals surface area contributed by atoms with Crippen LogP contribution in [0.4, 0.5) is 8.78 Å². The Bertz CT molecular complexity index is 711. The van der Waals surface area contributed by atoms with E-state index in [2.05, 4.69) is 10.3 Å². The van der Waals surface area contributed by atoms with Crippen molar-refractivity contribution >= 4 is 12.2 Å². The van der Waals surface area contributed by atoms with Crippen LogP contribution in [0.2, 0.25) is 0 Å². The molecule has 29 heavy (non-hydrogen) atoms. The van der Waals surface area contributed by atoms with Gasteiger partial charge in [0.2, 0.25) is 5.82 Å². The largest absolute Gasteiger partial charge is 0.489 e. The summed E-state index contributed by atoms with van der Waals surface area (Å²) in [6.45, 7) is 2.19. The van der Waals surface area contributed by atoms with E-state index in [1.54, 1.807) is 7.11 Å². The van der Waals surface area contributed by atoms with Gasteiger partial charge in [-0.05, 0) is 38.4 Å². The highest BCUT2D eigenvalue weighted by atomic mass is 19.2. The van der Waals surface area contributed by atoms with Crippen LogP contribution >= 0.6 is 0 Å². The zero-order valence-electron chi connectivity index (χ0n) is 17.2. The van der Waals surface area contributed by atoms with Crippen molar-refractivity contribution < 1.29 is 27.8 Å². The van der Waals surface area contributed by atoms with Crippen LogP contribution in [-0.4, -0.2) is 76.9 Å². The molecule has 0 heterocycles. The molecule has 0 aliphatic heterocycles. The number of nitrogens with zero attached hydrogens (tertiary/aromatic N) is 2. The lowest BCUT2D eigenvalue weighted by molar-refractivity contribution is -0.152. The molecule has 0 radical (unpaired) electrons. The number of halogens is 2. The van der Waals surface area contributed by atoms with Gasteiger partial charge in [0.1, 0.15) is 12.1 Å². The van der Waals surface area contributed by atoms with Crippen molar-refractivity contribution in [3.05, 3.63) is 29.3 Å². The number of methoxy groups -OCH3 is 2. The van der Waals surface area contributed by atoms with Crippen LogP contribution in [0, 0.1) is 11.6 Å². The van der Waals surface area contributed by atoms with E-state index in [-0.39, 0.29) is 30.6 Å². The van der Waals surface area contributed by atoms with Crippen molar-refractivity contribution in [1.29, 1.82) is 0 Å². The molecule has 1 aliphatic rings. The monoisotopic (exact) mass is 413 g/mol. The Morgan fingerprint density at radius 3 is 2.59 bits per heavy atom. The molecule has 2 rings (SSSR count). The number of ether oxygens (including phenoxy) is 3. The molecule has 0 amide bonds. The number of nitrogens with one attached hydrogen (secondary N) is 1. The van der Waals surface area contributed by atoms with Crippen LogP contribution in [0.5, 0.6) is 5.75 Å². The maximum absolute atomic E-state index is 14.3. The predicted octanol–water partition coefficient (Wildman–Crippen LogP) is 1.98. The van der Waals surface area contributed by atoms with Crippen LogP contribution in [0.15, 0.2) is 17.1 Å². The number of hydrogen-bond acceptors (Lipinski definition) is 7. The second kappa shape index (κ2) is 11.2. The van der Waals surface area contributed by atoms with Crippen molar-refractivity contribution in [2.45, 2.75) is 24.8 Å². The van der Waals surface area contributed by atoms with Gasteiger partial charge in [0.25, 0.3) is 0 Å². The molecule has 0 spiro atoms. The number of benzene rings is 1. The molecule has 1 N–H and O–H groups in total. The first-order valence-corrected chi connectivity index (χ1v) is 9.55. The fraction of sp³-hybridized carbons (Fsp3) is 0.600. The van der Waals surface area contributed by atoms with Gasteiger partial charge in [-0.15, -0.1) is 0 Å². The summed E-state index contributed by atoms with van der Waals surface area (Å²) in [5.41, 5.74) is -0.709. The Balaban J connectivity index is 1.87. The minimum absolute atomic E-state index is 0.00888. The fourth-order valence-electron chi connectivity index (χ4n) is 2.95. The summed E-state index contributed by atoms with van der Waals surface area (Å²) >= 11 is 0. The van der Waals surface area contributed by atoms with E-state index in [4.69, 9.17) is 14.2 Å². The summed E-state index contributed by atoms with van der Waals surface area (Å²) in [6, 6.07) is 2.79. The van der Waals surface area contributed by atoms with Crippen LogP contribution < -0.4 is 10.1 Å². The summed E-state index contributed by atoms with van der Waals surface area (Å²) < 4.78 is 43.6. The lowest BCUT2D eigenvalue weighted by atomic mass is 9.77. The molecule has 0 bridgehead atoms. The standard InChI is InChI=1S/C20H29F2N3O4/c1-25(9-11-27-2)10-12-29-16-6-5-15(17(21)18(16)22)13-23-14-24-20(7-4-8-20)19(26)28-3/h5-6,13,24H,4,7-12,14H2,1-3H3. The quantitative estimate of drug-likeness (QED) is 0.417. The van der Waals surface area contributed by atoms with Crippen LogP contribution in [0.3, 0.4) is 0 Å². The van der Waals surface area contributed by atoms with Crippen LogP contribution in [-0.2, 0) is 14.3 Å². The SMILES string of the molecule is COCCN(C)CCOc1ccc(C=NCNC2(C(=O)OC)CCC2)c(F)c1F. The molecular weight excluding hydrogens is 384 g/mol. The zero-order valence-corrected chi connectivity index (χ0v) is 17.2.